The van der Waals surface area contributed by atoms with Gasteiger partial charge in [-0.05, 0) is 35.9 Å². The molecule has 0 fully saturated rings. The van der Waals surface area contributed by atoms with Gasteiger partial charge in [0, 0.05) is 35.3 Å². The van der Waals surface area contributed by atoms with Crippen LogP contribution in [0.2, 0.25) is 5.02 Å². The average molecular weight is 377 g/mol. The monoisotopic (exact) mass is 376 g/mol. The topological polar surface area (TPSA) is 59.9 Å². The molecule has 0 saturated carbocycles. The van der Waals surface area contributed by atoms with Crippen LogP contribution in [0.5, 0.6) is 5.75 Å². The van der Waals surface area contributed by atoms with Gasteiger partial charge in [0.2, 0.25) is 0 Å². The number of benzene rings is 2. The molecular formula is C21H17ClN4O. The van der Waals surface area contributed by atoms with Crippen LogP contribution in [0.4, 0.5) is 11.5 Å². The third-order valence-electron chi connectivity index (χ3n) is 4.30. The molecule has 6 heteroatoms. The average Bonchev–Trinajstić information content (AvgIpc) is 2.71. The van der Waals surface area contributed by atoms with Crippen LogP contribution in [0.25, 0.3) is 10.8 Å². The summed E-state index contributed by atoms with van der Waals surface area (Å²) in [6.45, 7) is 0. The summed E-state index contributed by atoms with van der Waals surface area (Å²) in [4.78, 5) is 4.06. The Bertz CT molecular complexity index is 1090. The largest absolute Gasteiger partial charge is 0.495 e. The van der Waals surface area contributed by atoms with E-state index in [4.69, 9.17) is 16.3 Å². The van der Waals surface area contributed by atoms with Crippen LogP contribution in [-0.2, 0) is 6.42 Å². The lowest BCUT2D eigenvalue weighted by Gasteiger charge is -2.12. The van der Waals surface area contributed by atoms with E-state index in [0.717, 1.165) is 27.7 Å². The van der Waals surface area contributed by atoms with Crippen LogP contribution >= 0.6 is 11.6 Å². The number of halogens is 1. The zero-order chi connectivity index (χ0) is 18.6. The van der Waals surface area contributed by atoms with E-state index in [-0.39, 0.29) is 0 Å². The van der Waals surface area contributed by atoms with Crippen molar-refractivity contribution in [2.45, 2.75) is 6.42 Å². The number of rotatable bonds is 5. The number of methoxy groups -OCH3 is 1. The predicted molar refractivity (Wildman–Crippen MR) is 108 cm³/mol. The van der Waals surface area contributed by atoms with Gasteiger partial charge < -0.3 is 10.1 Å². The highest BCUT2D eigenvalue weighted by Crippen LogP contribution is 2.31. The van der Waals surface area contributed by atoms with E-state index in [1.165, 1.54) is 0 Å². The zero-order valence-corrected chi connectivity index (χ0v) is 15.4. The van der Waals surface area contributed by atoms with E-state index in [9.17, 15) is 0 Å². The Labute approximate surface area is 162 Å². The maximum Gasteiger partial charge on any atom is 0.160 e. The van der Waals surface area contributed by atoms with Gasteiger partial charge >= 0.3 is 0 Å². The highest BCUT2D eigenvalue weighted by Gasteiger charge is 2.11. The Kier molecular flexibility index (Phi) is 4.85. The SMILES string of the molecule is COc1ccc(Nc2nnc(Cc3ccncc3)c3ccccc23)cc1Cl. The maximum absolute atomic E-state index is 6.22. The standard InChI is InChI=1S/C21H17ClN4O/c1-27-20-7-6-15(13-18(20)22)24-21-17-5-3-2-4-16(17)19(25-26-21)12-14-8-10-23-11-9-14/h2-11,13H,12H2,1H3,(H,24,26). The Morgan fingerprint density at radius 2 is 1.74 bits per heavy atom. The van der Waals surface area contributed by atoms with Crippen LogP contribution < -0.4 is 10.1 Å². The Morgan fingerprint density at radius 3 is 2.48 bits per heavy atom. The van der Waals surface area contributed by atoms with Crippen molar-refractivity contribution in [1.82, 2.24) is 15.2 Å². The molecule has 2 aromatic heterocycles. The van der Waals surface area contributed by atoms with Gasteiger partial charge in [0.15, 0.2) is 5.82 Å². The Hall–Kier alpha value is -3.18. The first kappa shape index (κ1) is 17.2. The summed E-state index contributed by atoms with van der Waals surface area (Å²) in [5.74, 6) is 1.32. The summed E-state index contributed by atoms with van der Waals surface area (Å²) in [5.41, 5.74) is 2.89. The molecule has 5 nitrogen and oxygen atoms in total. The number of hydrogen-bond donors (Lipinski definition) is 1. The van der Waals surface area contributed by atoms with E-state index in [1.807, 2.05) is 48.5 Å². The van der Waals surface area contributed by atoms with E-state index < -0.39 is 0 Å². The number of anilines is 2. The maximum atomic E-state index is 6.22. The molecule has 0 radical (unpaired) electrons. The Balaban J connectivity index is 1.70. The van der Waals surface area contributed by atoms with Crippen molar-refractivity contribution in [2.24, 2.45) is 0 Å². The fraction of sp³-hybridized carbons (Fsp3) is 0.0952. The molecule has 1 N–H and O–H groups in total. The third-order valence-corrected chi connectivity index (χ3v) is 4.59. The summed E-state index contributed by atoms with van der Waals surface area (Å²) in [7, 11) is 1.59. The predicted octanol–water partition coefficient (Wildman–Crippen LogP) is 5.02. The molecule has 27 heavy (non-hydrogen) atoms. The molecular weight excluding hydrogens is 360 g/mol. The van der Waals surface area contributed by atoms with Crippen LogP contribution in [0.15, 0.2) is 67.0 Å². The van der Waals surface area contributed by atoms with Crippen LogP contribution in [0, 0.1) is 0 Å². The van der Waals surface area contributed by atoms with Gasteiger partial charge in [-0.1, -0.05) is 35.9 Å². The number of pyridine rings is 1. The first-order valence-electron chi connectivity index (χ1n) is 8.48. The highest BCUT2D eigenvalue weighted by molar-refractivity contribution is 6.32. The number of nitrogens with one attached hydrogen (secondary N) is 1. The molecule has 0 saturated heterocycles. The Morgan fingerprint density at radius 1 is 0.963 bits per heavy atom. The second-order valence-corrected chi connectivity index (χ2v) is 6.45. The van der Waals surface area contributed by atoms with Gasteiger partial charge in [-0.15, -0.1) is 5.10 Å². The van der Waals surface area contributed by atoms with E-state index in [1.54, 1.807) is 19.5 Å². The second-order valence-electron chi connectivity index (χ2n) is 6.05. The molecule has 0 aliphatic heterocycles. The van der Waals surface area contributed by atoms with Crippen molar-refractivity contribution in [3.63, 3.8) is 0 Å². The molecule has 0 spiro atoms. The van der Waals surface area contributed by atoms with E-state index in [2.05, 4.69) is 26.6 Å². The summed E-state index contributed by atoms with van der Waals surface area (Å²) in [5, 5.41) is 14.8. The van der Waals surface area contributed by atoms with Crippen molar-refractivity contribution in [3.8, 4) is 5.75 Å². The summed E-state index contributed by atoms with van der Waals surface area (Å²) < 4.78 is 5.20. The van der Waals surface area contributed by atoms with Crippen molar-refractivity contribution in [2.75, 3.05) is 12.4 Å². The summed E-state index contributed by atoms with van der Waals surface area (Å²) in [6, 6.07) is 17.6. The first-order valence-corrected chi connectivity index (χ1v) is 8.86. The van der Waals surface area contributed by atoms with Crippen LogP contribution in [0.1, 0.15) is 11.3 Å². The summed E-state index contributed by atoms with van der Waals surface area (Å²) in [6.07, 6.45) is 4.27. The molecule has 4 aromatic rings. The quantitative estimate of drug-likeness (QED) is 0.529. The lowest BCUT2D eigenvalue weighted by molar-refractivity contribution is 0.415. The lowest BCUT2D eigenvalue weighted by Crippen LogP contribution is -2.02. The molecule has 0 amide bonds. The number of ether oxygens (including phenoxy) is 1. The lowest BCUT2D eigenvalue weighted by atomic mass is 10.0. The molecule has 0 aliphatic rings. The second kappa shape index (κ2) is 7.60. The number of aromatic nitrogens is 3. The molecule has 2 aromatic carbocycles. The van der Waals surface area contributed by atoms with Gasteiger partial charge in [0.05, 0.1) is 17.8 Å². The third kappa shape index (κ3) is 3.68. The van der Waals surface area contributed by atoms with Gasteiger partial charge in [-0.25, -0.2) is 0 Å². The summed E-state index contributed by atoms with van der Waals surface area (Å²) >= 11 is 6.22. The van der Waals surface area contributed by atoms with Crippen LogP contribution in [0.3, 0.4) is 0 Å². The minimum atomic E-state index is 0.536. The molecule has 0 aliphatic carbocycles. The molecule has 0 unspecified atom stereocenters. The van der Waals surface area contributed by atoms with E-state index in [0.29, 0.717) is 23.0 Å². The minimum Gasteiger partial charge on any atom is -0.495 e. The van der Waals surface area contributed by atoms with Crippen molar-refractivity contribution < 1.29 is 4.74 Å². The smallest absolute Gasteiger partial charge is 0.160 e. The molecule has 0 bridgehead atoms. The molecule has 0 atom stereocenters. The van der Waals surface area contributed by atoms with Gasteiger partial charge in [0.1, 0.15) is 5.75 Å². The molecule has 2 heterocycles. The zero-order valence-electron chi connectivity index (χ0n) is 14.7. The first-order chi connectivity index (χ1) is 13.2. The highest BCUT2D eigenvalue weighted by atomic mass is 35.5. The van der Waals surface area contributed by atoms with Crippen molar-refractivity contribution in [3.05, 3.63) is 83.3 Å². The van der Waals surface area contributed by atoms with Gasteiger partial charge in [-0.2, -0.15) is 5.10 Å². The molecule has 134 valence electrons. The normalized spacial score (nSPS) is 10.7. The minimum absolute atomic E-state index is 0.536. The number of nitrogens with zero attached hydrogens (tertiary/aromatic N) is 3. The van der Waals surface area contributed by atoms with Gasteiger partial charge in [0.25, 0.3) is 0 Å². The van der Waals surface area contributed by atoms with Crippen LogP contribution in [-0.4, -0.2) is 22.3 Å². The fourth-order valence-electron chi connectivity index (χ4n) is 2.96. The molecule has 4 rings (SSSR count). The fourth-order valence-corrected chi connectivity index (χ4v) is 3.21. The number of hydrogen-bond acceptors (Lipinski definition) is 5. The van der Waals surface area contributed by atoms with E-state index >= 15 is 0 Å². The van der Waals surface area contributed by atoms with Crippen molar-refractivity contribution in [1.29, 1.82) is 0 Å². The number of fused-ring (bicyclic) bond motifs is 1. The van der Waals surface area contributed by atoms with Gasteiger partial charge in [-0.3, -0.25) is 4.98 Å². The van der Waals surface area contributed by atoms with Crippen molar-refractivity contribution >= 4 is 33.9 Å².